The normalized spacial score (nSPS) is 22.2. The van der Waals surface area contributed by atoms with Gasteiger partial charge >= 0.3 is 0 Å². The van der Waals surface area contributed by atoms with Gasteiger partial charge in [-0.1, -0.05) is 22.0 Å². The zero-order chi connectivity index (χ0) is 9.10. The SMILES string of the molecule is BrCC1CCCN1c1ccccn1. The van der Waals surface area contributed by atoms with Crippen molar-refractivity contribution in [2.45, 2.75) is 18.9 Å². The minimum absolute atomic E-state index is 0.634. The molecule has 1 saturated heterocycles. The summed E-state index contributed by atoms with van der Waals surface area (Å²) in [6, 6.07) is 6.73. The fourth-order valence-electron chi connectivity index (χ4n) is 1.82. The van der Waals surface area contributed by atoms with Crippen LogP contribution in [0.15, 0.2) is 24.4 Å². The molecule has 1 aliphatic rings. The van der Waals surface area contributed by atoms with E-state index in [4.69, 9.17) is 0 Å². The molecule has 3 heteroatoms. The van der Waals surface area contributed by atoms with Gasteiger partial charge in [0.2, 0.25) is 0 Å². The van der Waals surface area contributed by atoms with E-state index in [0.29, 0.717) is 6.04 Å². The minimum Gasteiger partial charge on any atom is -0.353 e. The Hall–Kier alpha value is -0.570. The van der Waals surface area contributed by atoms with Crippen LogP contribution in [0.25, 0.3) is 0 Å². The van der Waals surface area contributed by atoms with E-state index in [2.05, 4.69) is 31.9 Å². The Bertz CT molecular complexity index is 263. The summed E-state index contributed by atoms with van der Waals surface area (Å²) in [5.41, 5.74) is 0. The lowest BCUT2D eigenvalue weighted by Gasteiger charge is -2.23. The van der Waals surface area contributed by atoms with Gasteiger partial charge in [0.25, 0.3) is 0 Å². The van der Waals surface area contributed by atoms with E-state index < -0.39 is 0 Å². The zero-order valence-electron chi connectivity index (χ0n) is 7.49. The Balaban J connectivity index is 2.16. The van der Waals surface area contributed by atoms with E-state index in [1.165, 1.54) is 12.8 Å². The van der Waals surface area contributed by atoms with Crippen LogP contribution < -0.4 is 4.90 Å². The van der Waals surface area contributed by atoms with Crippen LogP contribution in [-0.4, -0.2) is 22.9 Å². The third-order valence-corrected chi connectivity index (χ3v) is 3.25. The van der Waals surface area contributed by atoms with Crippen LogP contribution in [0.5, 0.6) is 0 Å². The number of hydrogen-bond acceptors (Lipinski definition) is 2. The summed E-state index contributed by atoms with van der Waals surface area (Å²) >= 11 is 3.54. The third-order valence-electron chi connectivity index (χ3n) is 2.50. The lowest BCUT2D eigenvalue weighted by atomic mass is 10.2. The number of pyridine rings is 1. The molecule has 0 radical (unpaired) electrons. The number of hydrogen-bond donors (Lipinski definition) is 0. The molecule has 0 spiro atoms. The topological polar surface area (TPSA) is 16.1 Å². The summed E-state index contributed by atoms with van der Waals surface area (Å²) in [6.45, 7) is 1.15. The van der Waals surface area contributed by atoms with Gasteiger partial charge in [-0.05, 0) is 25.0 Å². The van der Waals surface area contributed by atoms with Gasteiger partial charge in [-0.15, -0.1) is 0 Å². The van der Waals surface area contributed by atoms with Crippen molar-refractivity contribution in [3.05, 3.63) is 24.4 Å². The Kier molecular flexibility index (Phi) is 2.83. The first-order chi connectivity index (χ1) is 6.42. The van der Waals surface area contributed by atoms with E-state index in [-0.39, 0.29) is 0 Å². The fourth-order valence-corrected chi connectivity index (χ4v) is 2.49. The van der Waals surface area contributed by atoms with Crippen molar-refractivity contribution in [2.75, 3.05) is 16.8 Å². The van der Waals surface area contributed by atoms with Crippen LogP contribution in [-0.2, 0) is 0 Å². The second-order valence-corrected chi connectivity index (χ2v) is 3.98. The largest absolute Gasteiger partial charge is 0.353 e. The molecule has 0 aliphatic carbocycles. The van der Waals surface area contributed by atoms with Gasteiger partial charge < -0.3 is 4.90 Å². The maximum absolute atomic E-state index is 4.36. The highest BCUT2D eigenvalue weighted by molar-refractivity contribution is 9.09. The Morgan fingerprint density at radius 3 is 3.15 bits per heavy atom. The standard InChI is InChI=1S/C10H13BrN2/c11-8-9-4-3-7-13(9)10-5-1-2-6-12-10/h1-2,5-6,9H,3-4,7-8H2. The van der Waals surface area contributed by atoms with Gasteiger partial charge in [0.05, 0.1) is 0 Å². The second-order valence-electron chi connectivity index (χ2n) is 3.33. The first-order valence-electron chi connectivity index (χ1n) is 4.65. The second kappa shape index (κ2) is 4.09. The molecule has 70 valence electrons. The lowest BCUT2D eigenvalue weighted by Crippen LogP contribution is -2.30. The molecule has 13 heavy (non-hydrogen) atoms. The molecule has 2 rings (SSSR count). The highest BCUT2D eigenvalue weighted by atomic mass is 79.9. The molecule has 1 atom stereocenters. The molecule has 2 heterocycles. The number of rotatable bonds is 2. The minimum atomic E-state index is 0.634. The van der Waals surface area contributed by atoms with Crippen molar-refractivity contribution in [1.82, 2.24) is 4.98 Å². The van der Waals surface area contributed by atoms with Gasteiger partial charge in [-0.2, -0.15) is 0 Å². The van der Waals surface area contributed by atoms with E-state index >= 15 is 0 Å². The van der Waals surface area contributed by atoms with Crippen molar-refractivity contribution in [3.8, 4) is 0 Å². The average molecular weight is 241 g/mol. The van der Waals surface area contributed by atoms with E-state index in [1.807, 2.05) is 18.3 Å². The highest BCUT2D eigenvalue weighted by Gasteiger charge is 2.23. The molecule has 0 N–H and O–H groups in total. The number of halogens is 1. The lowest BCUT2D eigenvalue weighted by molar-refractivity contribution is 0.742. The van der Waals surface area contributed by atoms with Crippen LogP contribution in [0.2, 0.25) is 0 Å². The van der Waals surface area contributed by atoms with Crippen LogP contribution in [0.4, 0.5) is 5.82 Å². The molecular weight excluding hydrogens is 228 g/mol. The van der Waals surface area contributed by atoms with Crippen LogP contribution in [0, 0.1) is 0 Å². The fraction of sp³-hybridized carbons (Fsp3) is 0.500. The average Bonchev–Trinajstić information content (AvgIpc) is 2.67. The molecule has 1 unspecified atom stereocenters. The summed E-state index contributed by atoms with van der Waals surface area (Å²) in [7, 11) is 0. The quantitative estimate of drug-likeness (QED) is 0.739. The smallest absolute Gasteiger partial charge is 0.128 e. The summed E-state index contributed by atoms with van der Waals surface area (Å²) in [4.78, 5) is 6.75. The van der Waals surface area contributed by atoms with Gasteiger partial charge in [0.15, 0.2) is 0 Å². The molecule has 1 aromatic rings. The number of aromatic nitrogens is 1. The van der Waals surface area contributed by atoms with Crippen molar-refractivity contribution >= 4 is 21.7 Å². The molecule has 1 fully saturated rings. The Labute approximate surface area is 87.1 Å². The molecule has 1 aromatic heterocycles. The predicted octanol–water partition coefficient (Wildman–Crippen LogP) is 2.45. The van der Waals surface area contributed by atoms with Crippen molar-refractivity contribution < 1.29 is 0 Å². The summed E-state index contributed by atoms with van der Waals surface area (Å²) in [6.07, 6.45) is 4.42. The molecular formula is C10H13BrN2. The maximum atomic E-state index is 4.36. The predicted molar refractivity (Wildman–Crippen MR) is 58.4 cm³/mol. The number of anilines is 1. The monoisotopic (exact) mass is 240 g/mol. The zero-order valence-corrected chi connectivity index (χ0v) is 9.07. The van der Waals surface area contributed by atoms with Crippen LogP contribution in [0.1, 0.15) is 12.8 Å². The number of nitrogens with zero attached hydrogens (tertiary/aromatic N) is 2. The third kappa shape index (κ3) is 1.85. The molecule has 0 amide bonds. The molecule has 0 aromatic carbocycles. The molecule has 0 bridgehead atoms. The first kappa shape index (κ1) is 9.00. The molecule has 0 saturated carbocycles. The van der Waals surface area contributed by atoms with E-state index in [1.54, 1.807) is 0 Å². The Morgan fingerprint density at radius 1 is 1.54 bits per heavy atom. The van der Waals surface area contributed by atoms with Gasteiger partial charge in [0.1, 0.15) is 5.82 Å². The molecule has 2 nitrogen and oxygen atoms in total. The maximum Gasteiger partial charge on any atom is 0.128 e. The highest BCUT2D eigenvalue weighted by Crippen LogP contribution is 2.24. The van der Waals surface area contributed by atoms with Crippen molar-refractivity contribution in [1.29, 1.82) is 0 Å². The Morgan fingerprint density at radius 2 is 2.46 bits per heavy atom. The van der Waals surface area contributed by atoms with Gasteiger partial charge in [-0.25, -0.2) is 4.98 Å². The molecule has 1 aliphatic heterocycles. The van der Waals surface area contributed by atoms with Crippen molar-refractivity contribution in [2.24, 2.45) is 0 Å². The van der Waals surface area contributed by atoms with Crippen LogP contribution in [0.3, 0.4) is 0 Å². The van der Waals surface area contributed by atoms with Gasteiger partial charge in [-0.3, -0.25) is 0 Å². The summed E-state index contributed by atoms with van der Waals surface area (Å²) < 4.78 is 0. The summed E-state index contributed by atoms with van der Waals surface area (Å²) in [5.74, 6) is 1.12. The van der Waals surface area contributed by atoms with E-state index in [9.17, 15) is 0 Å². The van der Waals surface area contributed by atoms with E-state index in [0.717, 1.165) is 17.7 Å². The summed E-state index contributed by atoms with van der Waals surface area (Å²) in [5, 5.41) is 1.05. The first-order valence-corrected chi connectivity index (χ1v) is 5.77. The van der Waals surface area contributed by atoms with Crippen LogP contribution >= 0.6 is 15.9 Å². The number of alkyl halides is 1. The van der Waals surface area contributed by atoms with Gasteiger partial charge in [0, 0.05) is 24.1 Å². The van der Waals surface area contributed by atoms with Crippen molar-refractivity contribution in [3.63, 3.8) is 0 Å².